The Bertz CT molecular complexity index is 536. The van der Waals surface area contributed by atoms with Gasteiger partial charge in [0.05, 0.1) is 18.7 Å². The summed E-state index contributed by atoms with van der Waals surface area (Å²) in [6.07, 6.45) is 1.63. The number of hydrogen-bond acceptors (Lipinski definition) is 5. The van der Waals surface area contributed by atoms with Crippen LogP contribution in [-0.4, -0.2) is 30.6 Å². The molecule has 0 aromatic heterocycles. The number of aliphatic hydroxyl groups is 1. The standard InChI is InChI=1S/C14H15ClO5/c1-3-6-20-13-5-4-9(7-10(13)15)11(16)8-12(17)14(18)19-2/h4-5,7-8,16H,3,6H2,1-2H3/b11-8-. The molecule has 0 amide bonds. The van der Waals surface area contributed by atoms with E-state index in [1.807, 2.05) is 6.92 Å². The van der Waals surface area contributed by atoms with Crippen LogP contribution in [0.5, 0.6) is 5.75 Å². The normalized spacial score (nSPS) is 11.1. The molecule has 0 heterocycles. The molecule has 108 valence electrons. The summed E-state index contributed by atoms with van der Waals surface area (Å²) in [7, 11) is 1.09. The third-order valence-electron chi connectivity index (χ3n) is 2.34. The number of hydrogen-bond donors (Lipinski definition) is 1. The number of rotatable bonds is 6. The highest BCUT2D eigenvalue weighted by Crippen LogP contribution is 2.27. The van der Waals surface area contributed by atoms with Gasteiger partial charge in [-0.25, -0.2) is 4.79 Å². The molecule has 6 heteroatoms. The first-order valence-corrected chi connectivity index (χ1v) is 6.33. The maximum absolute atomic E-state index is 11.3. The summed E-state index contributed by atoms with van der Waals surface area (Å²) in [6.45, 7) is 2.50. The molecule has 0 bridgehead atoms. The van der Waals surface area contributed by atoms with E-state index in [1.54, 1.807) is 6.07 Å². The minimum atomic E-state index is -1.05. The lowest BCUT2D eigenvalue weighted by atomic mass is 10.1. The summed E-state index contributed by atoms with van der Waals surface area (Å²) in [5.41, 5.74) is 0.302. The van der Waals surface area contributed by atoms with E-state index in [2.05, 4.69) is 4.74 Å². The van der Waals surface area contributed by atoms with Crippen LogP contribution in [0.4, 0.5) is 0 Å². The van der Waals surface area contributed by atoms with E-state index in [-0.39, 0.29) is 5.76 Å². The molecule has 0 saturated heterocycles. The quantitative estimate of drug-likeness (QED) is 0.378. The lowest BCUT2D eigenvalue weighted by molar-refractivity contribution is -0.149. The van der Waals surface area contributed by atoms with Gasteiger partial charge in [-0.2, -0.15) is 0 Å². The van der Waals surface area contributed by atoms with Crippen LogP contribution in [0.2, 0.25) is 5.02 Å². The molecule has 0 fully saturated rings. The largest absolute Gasteiger partial charge is 0.507 e. The molecule has 1 rings (SSSR count). The van der Waals surface area contributed by atoms with Crippen molar-refractivity contribution >= 4 is 29.1 Å². The van der Waals surface area contributed by atoms with E-state index >= 15 is 0 Å². The van der Waals surface area contributed by atoms with Gasteiger partial charge in [-0.3, -0.25) is 4.79 Å². The average Bonchev–Trinajstić information content (AvgIpc) is 2.44. The van der Waals surface area contributed by atoms with Gasteiger partial charge in [0, 0.05) is 11.6 Å². The second-order valence-corrected chi connectivity index (χ2v) is 4.29. The van der Waals surface area contributed by atoms with Crippen LogP contribution in [0.1, 0.15) is 18.9 Å². The lowest BCUT2D eigenvalue weighted by Gasteiger charge is -2.08. The van der Waals surface area contributed by atoms with E-state index in [0.29, 0.717) is 22.9 Å². The van der Waals surface area contributed by atoms with Gasteiger partial charge >= 0.3 is 5.97 Å². The zero-order chi connectivity index (χ0) is 15.1. The molecule has 5 nitrogen and oxygen atoms in total. The van der Waals surface area contributed by atoms with Gasteiger partial charge in [0.1, 0.15) is 11.5 Å². The lowest BCUT2D eigenvalue weighted by Crippen LogP contribution is -2.13. The number of ether oxygens (including phenoxy) is 2. The van der Waals surface area contributed by atoms with Crippen LogP contribution in [0.25, 0.3) is 5.76 Å². The fourth-order valence-corrected chi connectivity index (χ4v) is 1.59. The van der Waals surface area contributed by atoms with Crippen LogP contribution in [0.3, 0.4) is 0 Å². The van der Waals surface area contributed by atoms with Crippen LogP contribution in [0.15, 0.2) is 24.3 Å². The molecule has 0 aliphatic carbocycles. The molecule has 0 unspecified atom stereocenters. The molecule has 1 aromatic carbocycles. The third kappa shape index (κ3) is 4.28. The maximum atomic E-state index is 11.3. The van der Waals surface area contributed by atoms with Crippen molar-refractivity contribution in [3.8, 4) is 5.75 Å². The van der Waals surface area contributed by atoms with Gasteiger partial charge in [0.25, 0.3) is 5.78 Å². The van der Waals surface area contributed by atoms with Crippen molar-refractivity contribution in [2.24, 2.45) is 0 Å². The Labute approximate surface area is 121 Å². The van der Waals surface area contributed by atoms with Crippen molar-refractivity contribution in [1.29, 1.82) is 0 Å². The summed E-state index contributed by atoms with van der Waals surface area (Å²) in [4.78, 5) is 22.2. The monoisotopic (exact) mass is 298 g/mol. The van der Waals surface area contributed by atoms with Gasteiger partial charge in [-0.05, 0) is 24.6 Å². The van der Waals surface area contributed by atoms with E-state index in [1.165, 1.54) is 12.1 Å². The minimum Gasteiger partial charge on any atom is -0.507 e. The molecule has 0 aliphatic rings. The van der Waals surface area contributed by atoms with Crippen molar-refractivity contribution in [2.75, 3.05) is 13.7 Å². The number of aliphatic hydroxyl groups excluding tert-OH is 1. The number of carbonyl (C=O) groups excluding carboxylic acids is 2. The smallest absolute Gasteiger partial charge is 0.378 e. The fraction of sp³-hybridized carbons (Fsp3) is 0.286. The molecular weight excluding hydrogens is 284 g/mol. The Morgan fingerprint density at radius 3 is 2.65 bits per heavy atom. The van der Waals surface area contributed by atoms with Crippen LogP contribution >= 0.6 is 11.6 Å². The van der Waals surface area contributed by atoms with Crippen LogP contribution in [0, 0.1) is 0 Å². The molecule has 1 aromatic rings. The summed E-state index contributed by atoms with van der Waals surface area (Å²) < 4.78 is 9.63. The third-order valence-corrected chi connectivity index (χ3v) is 2.64. The predicted octanol–water partition coefficient (Wildman–Crippen LogP) is 2.77. The van der Waals surface area contributed by atoms with E-state index in [0.717, 1.165) is 19.6 Å². The Kier molecular flexibility index (Phi) is 6.06. The summed E-state index contributed by atoms with van der Waals surface area (Å²) in [6, 6.07) is 4.57. The molecule has 1 N–H and O–H groups in total. The molecular formula is C14H15ClO5. The van der Waals surface area contributed by atoms with Crippen molar-refractivity contribution in [1.82, 2.24) is 0 Å². The number of ketones is 1. The molecule has 20 heavy (non-hydrogen) atoms. The maximum Gasteiger partial charge on any atom is 0.378 e. The highest BCUT2D eigenvalue weighted by Gasteiger charge is 2.13. The SMILES string of the molecule is CCCOc1ccc(/C(O)=C/C(=O)C(=O)OC)cc1Cl. The zero-order valence-corrected chi connectivity index (χ0v) is 11.9. The van der Waals surface area contributed by atoms with Crippen molar-refractivity contribution in [2.45, 2.75) is 13.3 Å². The van der Waals surface area contributed by atoms with Crippen molar-refractivity contribution in [3.63, 3.8) is 0 Å². The fourth-order valence-electron chi connectivity index (χ4n) is 1.36. The van der Waals surface area contributed by atoms with Gasteiger partial charge in [-0.15, -0.1) is 0 Å². The number of methoxy groups -OCH3 is 1. The first kappa shape index (κ1) is 16.0. The Morgan fingerprint density at radius 1 is 1.40 bits per heavy atom. The highest BCUT2D eigenvalue weighted by molar-refractivity contribution is 6.39. The van der Waals surface area contributed by atoms with Crippen molar-refractivity contribution < 1.29 is 24.2 Å². The first-order chi connectivity index (χ1) is 9.49. The molecule has 0 aliphatic heterocycles. The van der Waals surface area contributed by atoms with Gasteiger partial charge in [0.2, 0.25) is 0 Å². The number of benzene rings is 1. The predicted molar refractivity (Wildman–Crippen MR) is 74.9 cm³/mol. The summed E-state index contributed by atoms with van der Waals surface area (Å²) >= 11 is 6.00. The number of esters is 1. The molecule has 0 saturated carbocycles. The summed E-state index contributed by atoms with van der Waals surface area (Å²) in [5, 5.41) is 10.1. The van der Waals surface area contributed by atoms with Crippen LogP contribution < -0.4 is 4.74 Å². The van der Waals surface area contributed by atoms with Gasteiger partial charge in [-0.1, -0.05) is 18.5 Å². The second kappa shape index (κ2) is 7.55. The first-order valence-electron chi connectivity index (χ1n) is 5.95. The van der Waals surface area contributed by atoms with Crippen LogP contribution in [-0.2, 0) is 14.3 Å². The van der Waals surface area contributed by atoms with E-state index < -0.39 is 11.8 Å². The highest BCUT2D eigenvalue weighted by atomic mass is 35.5. The molecule has 0 radical (unpaired) electrons. The average molecular weight is 299 g/mol. The second-order valence-electron chi connectivity index (χ2n) is 3.88. The van der Waals surface area contributed by atoms with E-state index in [4.69, 9.17) is 16.3 Å². The molecule has 0 spiro atoms. The Hall–Kier alpha value is -2.01. The zero-order valence-electron chi connectivity index (χ0n) is 11.2. The Balaban J connectivity index is 2.92. The van der Waals surface area contributed by atoms with Crippen molar-refractivity contribution in [3.05, 3.63) is 34.9 Å². The minimum absolute atomic E-state index is 0.302. The van der Waals surface area contributed by atoms with E-state index in [9.17, 15) is 14.7 Å². The number of carbonyl (C=O) groups is 2. The van der Waals surface area contributed by atoms with Gasteiger partial charge in [0.15, 0.2) is 0 Å². The summed E-state index contributed by atoms with van der Waals surface area (Å²) in [5.74, 6) is -1.88. The topological polar surface area (TPSA) is 72.8 Å². The Morgan fingerprint density at radius 2 is 2.10 bits per heavy atom. The number of halogens is 1. The van der Waals surface area contributed by atoms with Gasteiger partial charge < -0.3 is 14.6 Å². The molecule has 0 atom stereocenters.